The number of benzene rings is 1. The molecule has 76 valence electrons. The molecule has 0 amide bonds. The molecule has 0 saturated carbocycles. The molecule has 1 aromatic heterocycles. The van der Waals surface area contributed by atoms with Gasteiger partial charge in [-0.3, -0.25) is 0 Å². The van der Waals surface area contributed by atoms with Crippen LogP contribution < -0.4 is 0 Å². The molecule has 0 N–H and O–H groups in total. The number of aromatic nitrogens is 1. The van der Waals surface area contributed by atoms with Gasteiger partial charge in [0.1, 0.15) is 0 Å². The number of halogens is 1. The summed E-state index contributed by atoms with van der Waals surface area (Å²) in [5.41, 5.74) is 1.61. The molecule has 2 aromatic rings. The summed E-state index contributed by atoms with van der Waals surface area (Å²) in [7, 11) is 0. The minimum absolute atomic E-state index is 0.443. The maximum atomic E-state index is 12.9. The van der Waals surface area contributed by atoms with E-state index in [0.29, 0.717) is 5.69 Å². The Bertz CT molecular complexity index is 453. The Labute approximate surface area is 92.4 Å². The van der Waals surface area contributed by atoms with Crippen LogP contribution in [-0.4, -0.2) is 11.2 Å². The molecule has 0 bridgehead atoms. The van der Waals surface area contributed by atoms with Crippen LogP contribution in [0.2, 0.25) is 0 Å². The molecule has 0 aliphatic carbocycles. The number of pyridine rings is 1. The second kappa shape index (κ2) is 4.45. The Morgan fingerprint density at radius 2 is 1.80 bits per heavy atom. The lowest BCUT2D eigenvalue weighted by Gasteiger charge is -2.01. The fourth-order valence-electron chi connectivity index (χ4n) is 1.33. The third-order valence-corrected chi connectivity index (χ3v) is 2.84. The summed E-state index contributed by atoms with van der Waals surface area (Å²) in [6, 6.07) is 12.7. The largest absolute Gasteiger partial charge is 0.220 e. The van der Waals surface area contributed by atoms with Gasteiger partial charge in [-0.1, -0.05) is 18.2 Å². The summed E-state index contributed by atoms with van der Waals surface area (Å²) in [6.07, 6.45) is 2.02. The van der Waals surface area contributed by atoms with Crippen LogP contribution in [0.4, 0.5) is 4.39 Å². The summed E-state index contributed by atoms with van der Waals surface area (Å²) < 4.78 is 12.9. The summed E-state index contributed by atoms with van der Waals surface area (Å²) in [5, 5.41) is 0. The zero-order valence-corrected chi connectivity index (χ0v) is 9.09. The molecule has 2 rings (SSSR count). The van der Waals surface area contributed by atoms with E-state index in [1.54, 1.807) is 23.9 Å². The Morgan fingerprint density at radius 1 is 1.07 bits per heavy atom. The van der Waals surface area contributed by atoms with Gasteiger partial charge >= 0.3 is 0 Å². The van der Waals surface area contributed by atoms with E-state index in [1.165, 1.54) is 11.0 Å². The third-order valence-electron chi connectivity index (χ3n) is 2.10. The van der Waals surface area contributed by atoms with Gasteiger partial charge in [-0.25, -0.2) is 4.98 Å². The molecule has 0 spiro atoms. The number of hydrogen-bond acceptors (Lipinski definition) is 2. The molecule has 0 saturated heterocycles. The van der Waals surface area contributed by atoms with Crippen molar-refractivity contribution in [1.29, 1.82) is 0 Å². The lowest BCUT2D eigenvalue weighted by molar-refractivity contribution is 0.585. The van der Waals surface area contributed by atoms with Gasteiger partial charge < -0.3 is 0 Å². The van der Waals surface area contributed by atoms with Crippen molar-refractivity contribution < 1.29 is 4.39 Å². The molecule has 1 nitrogen and oxygen atoms in total. The Balaban J connectivity index is 2.37. The molecule has 0 aliphatic rings. The summed E-state index contributed by atoms with van der Waals surface area (Å²) in [6.45, 7) is 0. The van der Waals surface area contributed by atoms with Crippen molar-refractivity contribution in [3.8, 4) is 11.3 Å². The van der Waals surface area contributed by atoms with E-state index in [1.807, 2.05) is 30.5 Å². The Morgan fingerprint density at radius 3 is 2.40 bits per heavy atom. The highest BCUT2D eigenvalue weighted by Crippen LogP contribution is 2.21. The molecule has 15 heavy (non-hydrogen) atoms. The zero-order valence-electron chi connectivity index (χ0n) is 8.27. The molecule has 0 radical (unpaired) electrons. The second-order valence-electron chi connectivity index (χ2n) is 3.07. The first kappa shape index (κ1) is 10.2. The summed E-state index contributed by atoms with van der Waals surface area (Å²) >= 11 is 1.68. The minimum Gasteiger partial charge on any atom is -0.220 e. The molecule has 3 heteroatoms. The van der Waals surface area contributed by atoms with E-state index in [-0.39, 0.29) is 0 Å². The highest BCUT2D eigenvalue weighted by molar-refractivity contribution is 7.98. The Kier molecular flexibility index (Phi) is 3.02. The monoisotopic (exact) mass is 219 g/mol. The van der Waals surface area contributed by atoms with Crippen molar-refractivity contribution in [3.05, 3.63) is 48.4 Å². The molecule has 0 atom stereocenters. The lowest BCUT2D eigenvalue weighted by atomic mass is 10.1. The van der Waals surface area contributed by atoms with E-state index >= 15 is 0 Å². The Hall–Kier alpha value is -1.35. The van der Waals surface area contributed by atoms with Crippen LogP contribution in [0.5, 0.6) is 0 Å². The third kappa shape index (κ3) is 2.36. The SMILES string of the molecule is CSc1ccc(-c2cccc(F)n2)cc1. The van der Waals surface area contributed by atoms with Crippen molar-refractivity contribution in [2.24, 2.45) is 0 Å². The van der Waals surface area contributed by atoms with E-state index in [4.69, 9.17) is 0 Å². The highest BCUT2D eigenvalue weighted by Gasteiger charge is 2.00. The molecular formula is C12H10FNS. The van der Waals surface area contributed by atoms with Crippen molar-refractivity contribution in [2.75, 3.05) is 6.26 Å². The first-order valence-corrected chi connectivity index (χ1v) is 5.79. The van der Waals surface area contributed by atoms with Gasteiger partial charge in [0.15, 0.2) is 0 Å². The number of nitrogens with zero attached hydrogens (tertiary/aromatic N) is 1. The van der Waals surface area contributed by atoms with E-state index in [2.05, 4.69) is 4.98 Å². The van der Waals surface area contributed by atoms with Gasteiger partial charge in [-0.15, -0.1) is 11.8 Å². The first-order valence-electron chi connectivity index (χ1n) is 4.56. The molecule has 0 unspecified atom stereocenters. The lowest BCUT2D eigenvalue weighted by Crippen LogP contribution is -1.86. The van der Waals surface area contributed by atoms with E-state index in [9.17, 15) is 4.39 Å². The van der Waals surface area contributed by atoms with Gasteiger partial charge in [0, 0.05) is 10.5 Å². The van der Waals surface area contributed by atoms with Gasteiger partial charge in [-0.2, -0.15) is 4.39 Å². The first-order chi connectivity index (χ1) is 7.29. The normalized spacial score (nSPS) is 10.3. The quantitative estimate of drug-likeness (QED) is 0.565. The predicted molar refractivity (Wildman–Crippen MR) is 61.4 cm³/mol. The smallest absolute Gasteiger partial charge is 0.213 e. The van der Waals surface area contributed by atoms with Crippen LogP contribution in [0, 0.1) is 5.95 Å². The molecule has 1 heterocycles. The van der Waals surface area contributed by atoms with Gasteiger partial charge in [-0.05, 0) is 30.5 Å². The van der Waals surface area contributed by atoms with E-state index < -0.39 is 5.95 Å². The van der Waals surface area contributed by atoms with Gasteiger partial charge in [0.25, 0.3) is 0 Å². The number of thioether (sulfide) groups is 1. The van der Waals surface area contributed by atoms with Crippen LogP contribution in [0.3, 0.4) is 0 Å². The molecule has 1 aromatic carbocycles. The maximum absolute atomic E-state index is 12.9. The van der Waals surface area contributed by atoms with Crippen molar-refractivity contribution in [3.63, 3.8) is 0 Å². The number of rotatable bonds is 2. The number of hydrogen-bond donors (Lipinski definition) is 0. The average molecular weight is 219 g/mol. The van der Waals surface area contributed by atoms with Gasteiger partial charge in [0.2, 0.25) is 5.95 Å². The van der Waals surface area contributed by atoms with Crippen LogP contribution in [0.15, 0.2) is 47.4 Å². The second-order valence-corrected chi connectivity index (χ2v) is 3.95. The molecular weight excluding hydrogens is 209 g/mol. The zero-order chi connectivity index (χ0) is 10.7. The minimum atomic E-state index is -0.443. The van der Waals surface area contributed by atoms with Crippen molar-refractivity contribution >= 4 is 11.8 Å². The fraction of sp³-hybridized carbons (Fsp3) is 0.0833. The fourth-order valence-corrected chi connectivity index (χ4v) is 1.74. The maximum Gasteiger partial charge on any atom is 0.213 e. The highest BCUT2D eigenvalue weighted by atomic mass is 32.2. The van der Waals surface area contributed by atoms with Crippen molar-refractivity contribution in [1.82, 2.24) is 4.98 Å². The van der Waals surface area contributed by atoms with Crippen LogP contribution >= 0.6 is 11.8 Å². The van der Waals surface area contributed by atoms with Crippen LogP contribution in [0.1, 0.15) is 0 Å². The van der Waals surface area contributed by atoms with E-state index in [0.717, 1.165) is 5.56 Å². The standard InChI is InChI=1S/C12H10FNS/c1-15-10-7-5-9(6-8-10)11-3-2-4-12(13)14-11/h2-8H,1H3. The van der Waals surface area contributed by atoms with Crippen LogP contribution in [0.25, 0.3) is 11.3 Å². The predicted octanol–water partition coefficient (Wildman–Crippen LogP) is 3.61. The van der Waals surface area contributed by atoms with Crippen molar-refractivity contribution in [2.45, 2.75) is 4.90 Å². The molecule has 0 aliphatic heterocycles. The van der Waals surface area contributed by atoms with Crippen LogP contribution in [-0.2, 0) is 0 Å². The molecule has 0 fully saturated rings. The topological polar surface area (TPSA) is 12.9 Å². The average Bonchev–Trinajstić information content (AvgIpc) is 2.29. The van der Waals surface area contributed by atoms with Gasteiger partial charge in [0.05, 0.1) is 5.69 Å². The summed E-state index contributed by atoms with van der Waals surface area (Å²) in [5.74, 6) is -0.443. The summed E-state index contributed by atoms with van der Waals surface area (Å²) in [4.78, 5) is 5.02.